The molecule has 0 spiro atoms. The largest absolute Gasteiger partial charge is 0.381 e. The second kappa shape index (κ2) is 3.87. The summed E-state index contributed by atoms with van der Waals surface area (Å²) in [5.74, 6) is 0. The summed E-state index contributed by atoms with van der Waals surface area (Å²) >= 11 is 5.03. The second-order valence-electron chi connectivity index (χ2n) is 1.61. The molecule has 0 aromatic heterocycles. The Bertz CT molecular complexity index is 82.5. The van der Waals surface area contributed by atoms with Crippen LogP contribution in [0.25, 0.3) is 0 Å². The zero-order valence-corrected chi connectivity index (χ0v) is 5.73. The maximum atomic E-state index is 10.1. The van der Waals surface area contributed by atoms with E-state index in [2.05, 4.69) is 0 Å². The van der Waals surface area contributed by atoms with E-state index in [0.717, 1.165) is 0 Å². The maximum Gasteiger partial charge on any atom is 0.224 e. The first-order valence-electron chi connectivity index (χ1n) is 2.38. The van der Waals surface area contributed by atoms with Gasteiger partial charge in [-0.1, -0.05) is 0 Å². The summed E-state index contributed by atoms with van der Waals surface area (Å²) < 4.78 is 4.76. The third kappa shape index (κ3) is 4.09. The van der Waals surface area contributed by atoms with Crippen molar-refractivity contribution in [2.24, 2.45) is 0 Å². The van der Waals surface area contributed by atoms with Gasteiger partial charge in [0.05, 0.1) is 6.10 Å². The van der Waals surface area contributed by atoms with E-state index in [1.165, 1.54) is 0 Å². The molecule has 1 atom stereocenters. The highest BCUT2D eigenvalue weighted by Gasteiger charge is 2.02. The Kier molecular flexibility index (Phi) is 3.83. The van der Waals surface area contributed by atoms with E-state index in [0.29, 0.717) is 0 Å². The molecule has 0 N–H and O–H groups in total. The molecule has 0 aliphatic rings. The first-order chi connectivity index (χ1) is 3.66. The van der Waals surface area contributed by atoms with Gasteiger partial charge in [0.2, 0.25) is 5.24 Å². The van der Waals surface area contributed by atoms with Gasteiger partial charge in [0, 0.05) is 13.5 Å². The first kappa shape index (κ1) is 7.92. The number of hydrogen-bond acceptors (Lipinski definition) is 2. The molecule has 0 bridgehead atoms. The van der Waals surface area contributed by atoms with Gasteiger partial charge in [0.1, 0.15) is 0 Å². The lowest BCUT2D eigenvalue weighted by Crippen LogP contribution is -2.07. The molecule has 8 heavy (non-hydrogen) atoms. The standard InChI is InChI=1S/C5H9ClO2/c1-4(8-2)3-5(6)7/h4H,3H2,1-2H3/t4-/m1/s1. The average Bonchev–Trinajstić information content (AvgIpc) is 1.65. The summed E-state index contributed by atoms with van der Waals surface area (Å²) in [7, 11) is 1.55. The predicted octanol–water partition coefficient (Wildman–Crippen LogP) is 1.18. The molecule has 0 aliphatic heterocycles. The van der Waals surface area contributed by atoms with Gasteiger partial charge in [-0.05, 0) is 18.5 Å². The van der Waals surface area contributed by atoms with Gasteiger partial charge in [-0.2, -0.15) is 0 Å². The Balaban J connectivity index is 3.24. The fraction of sp³-hybridized carbons (Fsp3) is 0.800. The fourth-order valence-electron chi connectivity index (χ4n) is 0.309. The highest BCUT2D eigenvalue weighted by Crippen LogP contribution is 1.97. The molecule has 0 radical (unpaired) electrons. The van der Waals surface area contributed by atoms with Crippen molar-refractivity contribution in [1.29, 1.82) is 0 Å². The number of carbonyl (C=O) groups is 1. The quantitative estimate of drug-likeness (QED) is 0.545. The van der Waals surface area contributed by atoms with E-state index < -0.39 is 0 Å². The zero-order chi connectivity index (χ0) is 6.57. The van der Waals surface area contributed by atoms with Gasteiger partial charge in [0.15, 0.2) is 0 Å². The van der Waals surface area contributed by atoms with Crippen LogP contribution in [0.15, 0.2) is 0 Å². The molecule has 0 aromatic rings. The third-order valence-electron chi connectivity index (χ3n) is 0.850. The van der Waals surface area contributed by atoms with Crippen molar-refractivity contribution >= 4 is 16.8 Å². The molecule has 2 nitrogen and oxygen atoms in total. The Morgan fingerprint density at radius 1 is 1.88 bits per heavy atom. The Morgan fingerprint density at radius 3 is 2.50 bits per heavy atom. The van der Waals surface area contributed by atoms with Gasteiger partial charge < -0.3 is 4.74 Å². The average molecular weight is 137 g/mol. The summed E-state index contributed by atoms with van der Waals surface area (Å²) in [4.78, 5) is 10.1. The van der Waals surface area contributed by atoms with Crippen molar-refractivity contribution in [3.8, 4) is 0 Å². The van der Waals surface area contributed by atoms with Crippen LogP contribution in [0.5, 0.6) is 0 Å². The smallest absolute Gasteiger partial charge is 0.224 e. The van der Waals surface area contributed by atoms with Crippen LogP contribution in [0.4, 0.5) is 0 Å². The van der Waals surface area contributed by atoms with Crippen LogP contribution in [0.1, 0.15) is 13.3 Å². The van der Waals surface area contributed by atoms with Crippen molar-refractivity contribution in [2.45, 2.75) is 19.4 Å². The molecule has 3 heteroatoms. The minimum Gasteiger partial charge on any atom is -0.381 e. The molecule has 0 amide bonds. The van der Waals surface area contributed by atoms with Gasteiger partial charge in [-0.15, -0.1) is 0 Å². The minimum atomic E-state index is -0.348. The Labute approximate surface area is 53.8 Å². The van der Waals surface area contributed by atoms with Crippen molar-refractivity contribution in [2.75, 3.05) is 7.11 Å². The van der Waals surface area contributed by atoms with E-state index in [1.54, 1.807) is 14.0 Å². The van der Waals surface area contributed by atoms with Gasteiger partial charge >= 0.3 is 0 Å². The summed E-state index contributed by atoms with van der Waals surface area (Å²) in [6.07, 6.45) is 0.234. The summed E-state index contributed by atoms with van der Waals surface area (Å²) in [5, 5.41) is -0.348. The zero-order valence-electron chi connectivity index (χ0n) is 4.98. The van der Waals surface area contributed by atoms with E-state index in [-0.39, 0.29) is 17.8 Å². The van der Waals surface area contributed by atoms with Crippen LogP contribution in [0.3, 0.4) is 0 Å². The molecular formula is C5H9ClO2. The SMILES string of the molecule is CO[C@H](C)CC(=O)Cl. The van der Waals surface area contributed by atoms with Crippen molar-refractivity contribution < 1.29 is 9.53 Å². The number of rotatable bonds is 3. The fourth-order valence-corrected chi connectivity index (χ4v) is 0.527. The van der Waals surface area contributed by atoms with Crippen molar-refractivity contribution in [3.05, 3.63) is 0 Å². The van der Waals surface area contributed by atoms with Crippen LogP contribution in [0, 0.1) is 0 Å². The highest BCUT2D eigenvalue weighted by molar-refractivity contribution is 6.63. The Morgan fingerprint density at radius 2 is 2.38 bits per heavy atom. The minimum absolute atomic E-state index is 0.0556. The van der Waals surface area contributed by atoms with Crippen LogP contribution in [0.2, 0.25) is 0 Å². The van der Waals surface area contributed by atoms with Crippen LogP contribution in [-0.2, 0) is 9.53 Å². The summed E-state index contributed by atoms with van der Waals surface area (Å²) in [6, 6.07) is 0. The van der Waals surface area contributed by atoms with E-state index in [1.807, 2.05) is 0 Å². The maximum absolute atomic E-state index is 10.1. The summed E-state index contributed by atoms with van der Waals surface area (Å²) in [5.41, 5.74) is 0. The summed E-state index contributed by atoms with van der Waals surface area (Å²) in [6.45, 7) is 1.79. The lowest BCUT2D eigenvalue weighted by molar-refractivity contribution is -0.113. The monoisotopic (exact) mass is 136 g/mol. The van der Waals surface area contributed by atoms with Crippen LogP contribution >= 0.6 is 11.6 Å². The molecule has 0 rings (SSSR count). The number of methoxy groups -OCH3 is 1. The molecule has 48 valence electrons. The number of carbonyl (C=O) groups excluding carboxylic acids is 1. The predicted molar refractivity (Wildman–Crippen MR) is 31.9 cm³/mol. The van der Waals surface area contributed by atoms with E-state index >= 15 is 0 Å². The van der Waals surface area contributed by atoms with Gasteiger partial charge in [-0.25, -0.2) is 0 Å². The lowest BCUT2D eigenvalue weighted by Gasteiger charge is -2.02. The number of halogens is 1. The third-order valence-corrected chi connectivity index (χ3v) is 1.00. The lowest BCUT2D eigenvalue weighted by atomic mass is 10.3. The Hall–Kier alpha value is -0.0800. The highest BCUT2D eigenvalue weighted by atomic mass is 35.5. The van der Waals surface area contributed by atoms with E-state index in [9.17, 15) is 4.79 Å². The molecule has 0 aliphatic carbocycles. The first-order valence-corrected chi connectivity index (χ1v) is 2.75. The molecule has 0 aromatic carbocycles. The number of ether oxygens (including phenoxy) is 1. The normalized spacial score (nSPS) is 13.4. The molecule has 0 heterocycles. The van der Waals surface area contributed by atoms with Crippen LogP contribution < -0.4 is 0 Å². The molecular weight excluding hydrogens is 128 g/mol. The second-order valence-corrected chi connectivity index (χ2v) is 2.03. The van der Waals surface area contributed by atoms with Crippen LogP contribution in [-0.4, -0.2) is 18.5 Å². The van der Waals surface area contributed by atoms with Crippen molar-refractivity contribution in [1.82, 2.24) is 0 Å². The molecule has 0 saturated heterocycles. The molecule has 0 unspecified atom stereocenters. The topological polar surface area (TPSA) is 26.3 Å². The van der Waals surface area contributed by atoms with Gasteiger partial charge in [0.25, 0.3) is 0 Å². The van der Waals surface area contributed by atoms with Gasteiger partial charge in [-0.3, -0.25) is 4.79 Å². The number of hydrogen-bond donors (Lipinski definition) is 0. The van der Waals surface area contributed by atoms with Crippen molar-refractivity contribution in [3.63, 3.8) is 0 Å². The molecule has 0 saturated carbocycles. The van der Waals surface area contributed by atoms with E-state index in [4.69, 9.17) is 16.3 Å². The molecule has 0 fully saturated rings.